The summed E-state index contributed by atoms with van der Waals surface area (Å²) in [5, 5.41) is 5.26. The Morgan fingerprint density at radius 3 is 1.85 bits per heavy atom. The summed E-state index contributed by atoms with van der Waals surface area (Å²) in [6.07, 6.45) is 6.80. The van der Waals surface area contributed by atoms with Crippen LogP contribution in [0.1, 0.15) is 17.5 Å². The number of fused-ring (bicyclic) bond motifs is 7. The molecular weight excluding hydrogens is 703 g/mol. The van der Waals surface area contributed by atoms with Gasteiger partial charge in [0.25, 0.3) is 0 Å². The second kappa shape index (κ2) is 13.2. The van der Waals surface area contributed by atoms with Crippen LogP contribution in [0.4, 0.5) is 17.1 Å². The maximum atomic E-state index is 2.47. The van der Waals surface area contributed by atoms with Crippen molar-refractivity contribution in [2.24, 2.45) is 0 Å². The van der Waals surface area contributed by atoms with E-state index in [2.05, 4.69) is 193 Å². The SMILES string of the molecule is C1=Cc2cc(-c3ccc(-c4ccccc4)c(N(c4ccc(-c5ccc6sc7ccccc7c6c5)cc4)c4ccc5c(c4)sc4ccccc45)c3)ccc2CC1. The minimum atomic E-state index is 1.10. The second-order valence-electron chi connectivity index (χ2n) is 14.4. The molecule has 3 heteroatoms. The number of aryl methyl sites for hydroxylation is 1. The number of rotatable bonds is 6. The van der Waals surface area contributed by atoms with Gasteiger partial charge in [-0.25, -0.2) is 0 Å². The predicted octanol–water partition coefficient (Wildman–Crippen LogP) is 15.9. The van der Waals surface area contributed by atoms with Crippen LogP contribution in [0.5, 0.6) is 0 Å². The van der Waals surface area contributed by atoms with E-state index in [-0.39, 0.29) is 0 Å². The van der Waals surface area contributed by atoms with Gasteiger partial charge in [-0.1, -0.05) is 127 Å². The van der Waals surface area contributed by atoms with Crippen LogP contribution >= 0.6 is 22.7 Å². The summed E-state index contributed by atoms with van der Waals surface area (Å²) in [4.78, 5) is 2.47. The van der Waals surface area contributed by atoms with Crippen LogP contribution < -0.4 is 4.90 Å². The molecule has 0 saturated carbocycles. The molecule has 11 rings (SSSR count). The molecule has 0 atom stereocenters. The van der Waals surface area contributed by atoms with Crippen molar-refractivity contribution in [3.8, 4) is 33.4 Å². The molecule has 8 aromatic carbocycles. The Hall–Kier alpha value is -6.26. The Balaban J connectivity index is 1.10. The normalized spacial score (nSPS) is 12.5. The van der Waals surface area contributed by atoms with Crippen LogP contribution in [-0.4, -0.2) is 0 Å². The monoisotopic (exact) mass is 737 g/mol. The molecule has 2 heterocycles. The molecule has 0 fully saturated rings. The third-order valence-electron chi connectivity index (χ3n) is 11.1. The lowest BCUT2D eigenvalue weighted by Gasteiger charge is -2.29. The van der Waals surface area contributed by atoms with E-state index in [1.54, 1.807) is 0 Å². The number of benzene rings is 8. The van der Waals surface area contributed by atoms with Crippen molar-refractivity contribution >= 4 is 86.2 Å². The van der Waals surface area contributed by atoms with Crippen molar-refractivity contribution in [2.45, 2.75) is 12.8 Å². The smallest absolute Gasteiger partial charge is 0.0546 e. The maximum Gasteiger partial charge on any atom is 0.0546 e. The van der Waals surface area contributed by atoms with Crippen LogP contribution in [0.2, 0.25) is 0 Å². The number of nitrogens with zero attached hydrogens (tertiary/aromatic N) is 1. The Labute approximate surface area is 328 Å². The molecule has 0 aliphatic heterocycles. The van der Waals surface area contributed by atoms with E-state index in [9.17, 15) is 0 Å². The molecule has 55 heavy (non-hydrogen) atoms. The first-order valence-corrected chi connectivity index (χ1v) is 20.6. The second-order valence-corrected chi connectivity index (χ2v) is 16.6. The summed E-state index contributed by atoms with van der Waals surface area (Å²) in [5.74, 6) is 0. The molecule has 260 valence electrons. The van der Waals surface area contributed by atoms with Crippen molar-refractivity contribution in [1.29, 1.82) is 0 Å². The first-order valence-electron chi connectivity index (χ1n) is 19.0. The van der Waals surface area contributed by atoms with Crippen molar-refractivity contribution in [1.82, 2.24) is 0 Å². The summed E-state index contributed by atoms with van der Waals surface area (Å²) < 4.78 is 5.26. The highest BCUT2D eigenvalue weighted by Crippen LogP contribution is 2.46. The van der Waals surface area contributed by atoms with Crippen molar-refractivity contribution in [2.75, 3.05) is 4.90 Å². The molecule has 0 spiro atoms. The van der Waals surface area contributed by atoms with E-state index in [1.807, 2.05) is 22.7 Å². The molecular formula is C52H35NS2. The average molecular weight is 738 g/mol. The number of hydrogen-bond acceptors (Lipinski definition) is 3. The molecule has 2 aromatic heterocycles. The topological polar surface area (TPSA) is 3.24 Å². The Morgan fingerprint density at radius 1 is 0.400 bits per heavy atom. The van der Waals surface area contributed by atoms with Gasteiger partial charge in [-0.05, 0) is 112 Å². The fourth-order valence-corrected chi connectivity index (χ4v) is 10.6. The highest BCUT2D eigenvalue weighted by atomic mass is 32.1. The maximum absolute atomic E-state index is 2.47. The number of allylic oxidation sites excluding steroid dienone is 1. The van der Waals surface area contributed by atoms with Gasteiger partial charge >= 0.3 is 0 Å². The van der Waals surface area contributed by atoms with Gasteiger partial charge in [0.2, 0.25) is 0 Å². The lowest BCUT2D eigenvalue weighted by atomic mass is 9.92. The zero-order valence-corrected chi connectivity index (χ0v) is 31.7. The van der Waals surface area contributed by atoms with Crippen LogP contribution in [0.25, 0.3) is 79.8 Å². The van der Waals surface area contributed by atoms with E-state index in [1.165, 1.54) is 84.9 Å². The lowest BCUT2D eigenvalue weighted by molar-refractivity contribution is 0.986. The summed E-state index contributed by atoms with van der Waals surface area (Å²) in [5.41, 5.74) is 13.4. The molecule has 0 unspecified atom stereocenters. The van der Waals surface area contributed by atoms with Gasteiger partial charge in [-0.2, -0.15) is 0 Å². The zero-order valence-electron chi connectivity index (χ0n) is 30.1. The molecule has 1 nitrogen and oxygen atoms in total. The van der Waals surface area contributed by atoms with E-state index in [0.29, 0.717) is 0 Å². The van der Waals surface area contributed by atoms with Crippen molar-refractivity contribution < 1.29 is 0 Å². The first-order chi connectivity index (χ1) is 27.2. The summed E-state index contributed by atoms with van der Waals surface area (Å²) in [6, 6.07) is 65.4. The lowest BCUT2D eigenvalue weighted by Crippen LogP contribution is -2.11. The first kappa shape index (κ1) is 32.2. The van der Waals surface area contributed by atoms with Crippen molar-refractivity contribution in [3.63, 3.8) is 0 Å². The fraction of sp³-hybridized carbons (Fsp3) is 0.0385. The van der Waals surface area contributed by atoms with Gasteiger partial charge in [-0.15, -0.1) is 22.7 Å². The van der Waals surface area contributed by atoms with Crippen LogP contribution in [0, 0.1) is 0 Å². The third-order valence-corrected chi connectivity index (χ3v) is 13.4. The summed E-state index contributed by atoms with van der Waals surface area (Å²) >= 11 is 3.73. The molecule has 0 amide bonds. The van der Waals surface area contributed by atoms with Crippen LogP contribution in [-0.2, 0) is 6.42 Å². The van der Waals surface area contributed by atoms with E-state index in [0.717, 1.165) is 29.9 Å². The minimum Gasteiger partial charge on any atom is -0.310 e. The van der Waals surface area contributed by atoms with Crippen molar-refractivity contribution in [3.05, 3.63) is 193 Å². The zero-order chi connectivity index (χ0) is 36.3. The summed E-state index contributed by atoms with van der Waals surface area (Å²) in [7, 11) is 0. The largest absolute Gasteiger partial charge is 0.310 e. The molecule has 0 saturated heterocycles. The van der Waals surface area contributed by atoms with E-state index in [4.69, 9.17) is 0 Å². The molecule has 10 aromatic rings. The predicted molar refractivity (Wildman–Crippen MR) is 241 cm³/mol. The van der Waals surface area contributed by atoms with Gasteiger partial charge in [0.15, 0.2) is 0 Å². The molecule has 0 N–H and O–H groups in total. The molecule has 1 aliphatic carbocycles. The Bertz CT molecular complexity index is 3090. The number of anilines is 3. The van der Waals surface area contributed by atoms with Gasteiger partial charge in [0.1, 0.15) is 0 Å². The minimum absolute atomic E-state index is 1.10. The van der Waals surface area contributed by atoms with E-state index < -0.39 is 0 Å². The van der Waals surface area contributed by atoms with Crippen LogP contribution in [0.3, 0.4) is 0 Å². The quantitative estimate of drug-likeness (QED) is 0.164. The van der Waals surface area contributed by atoms with Gasteiger partial charge in [-0.3, -0.25) is 0 Å². The number of thiophene rings is 2. The fourth-order valence-electron chi connectivity index (χ4n) is 8.35. The molecule has 0 radical (unpaired) electrons. The average Bonchev–Trinajstić information content (AvgIpc) is 3.82. The van der Waals surface area contributed by atoms with Gasteiger partial charge in [0.05, 0.1) is 5.69 Å². The van der Waals surface area contributed by atoms with Crippen LogP contribution in [0.15, 0.2) is 182 Å². The van der Waals surface area contributed by atoms with Gasteiger partial charge in [0, 0.05) is 57.3 Å². The highest BCUT2D eigenvalue weighted by Gasteiger charge is 2.20. The number of hydrogen-bond donors (Lipinski definition) is 0. The highest BCUT2D eigenvalue weighted by molar-refractivity contribution is 7.26. The standard InChI is InChI=1S/C52H35NS2/c1-2-11-36(12-3-1)43-27-22-40(38-19-18-34-10-4-5-13-37(34)30-38)32-48(43)53(42-26-28-46-44-14-6-8-16-49(44)55-52(46)33-42)41-24-20-35(21-25-41)39-23-29-51-47(31-39)45-15-7-9-17-50(45)54-51/h1-3,5-9,11-33H,4,10H2. The molecule has 0 bridgehead atoms. The summed E-state index contributed by atoms with van der Waals surface area (Å²) in [6.45, 7) is 0. The third kappa shape index (κ3) is 5.67. The Morgan fingerprint density at radius 2 is 1.02 bits per heavy atom. The van der Waals surface area contributed by atoms with E-state index >= 15 is 0 Å². The van der Waals surface area contributed by atoms with Gasteiger partial charge < -0.3 is 4.90 Å². The Kier molecular flexibility index (Phi) is 7.75. The molecule has 1 aliphatic rings.